The fourth-order valence-electron chi connectivity index (χ4n) is 0. The third-order valence-electron chi connectivity index (χ3n) is 0. The smallest absolute Gasteiger partial charge is 0.550 e. The van der Waals surface area contributed by atoms with Gasteiger partial charge in [0.15, 0.2) is 0 Å². The maximum atomic E-state index is 8.89. The largest absolute Gasteiger partial charge is 1.00 e. The van der Waals surface area contributed by atoms with Crippen molar-refractivity contribution in [1.29, 1.82) is 0 Å². The Balaban J connectivity index is -0.0000000119. The first-order chi connectivity index (χ1) is 12.1. The topological polar surface area (TPSA) is 281 Å². The fourth-order valence-corrected chi connectivity index (χ4v) is 0. The van der Waals surface area contributed by atoms with Gasteiger partial charge in [-0.3, -0.25) is 0 Å². The average molecular weight is 687 g/mol. The van der Waals surface area contributed by atoms with Crippen molar-refractivity contribution in [2.75, 3.05) is 0 Å². The molecule has 0 radical (unpaired) electrons. The van der Waals surface area contributed by atoms with E-state index in [2.05, 4.69) is 0 Å². The first-order valence-electron chi connectivity index (χ1n) is 6.36. The number of hydrogen-bond donors (Lipinski definition) is 0. The molecular formula is C14H21K7O14. The summed E-state index contributed by atoms with van der Waals surface area (Å²) in [5.41, 5.74) is 0. The van der Waals surface area contributed by atoms with Gasteiger partial charge in [0.25, 0.3) is 0 Å². The predicted molar refractivity (Wildman–Crippen MR) is 74.8 cm³/mol. The molecule has 0 unspecified atom stereocenters. The number of carboxylic acids is 7. The SMILES string of the molecule is CC(=O)[O-].CC(=O)[O-].CC(=O)[O-].CC(=O)[O-].CC(=O)[O-].CC(=O)[O-].CC(=O)[O-].[K+].[K+].[K+].[K+].[K+].[K+].[K+]. The van der Waals surface area contributed by atoms with Crippen LogP contribution >= 0.6 is 0 Å². The number of carbonyl (C=O) groups excluding carboxylic acids is 7. The molecule has 14 nitrogen and oxygen atoms in total. The van der Waals surface area contributed by atoms with Gasteiger partial charge in [0, 0.05) is 41.8 Å². The monoisotopic (exact) mass is 686 g/mol. The molecule has 0 rings (SSSR count). The Morgan fingerprint density at radius 3 is 0.257 bits per heavy atom. The maximum Gasteiger partial charge on any atom is 1.00 e. The minimum Gasteiger partial charge on any atom is -0.550 e. The van der Waals surface area contributed by atoms with Crippen LogP contribution in [0.25, 0.3) is 0 Å². The molecule has 0 fully saturated rings. The first kappa shape index (κ1) is 90.2. The summed E-state index contributed by atoms with van der Waals surface area (Å²) in [7, 11) is 0. The standard InChI is InChI=1S/7C2H4O2.7K/c7*1-2(3)4;;;;;;;/h7*1H3,(H,3,4);;;;;;;/q;;;;;;;7*+1/p-7. The number of rotatable bonds is 0. The second kappa shape index (κ2) is 83.9. The number of aliphatic carboxylic acids is 7. The minimum atomic E-state index is -1.08. The van der Waals surface area contributed by atoms with E-state index in [-0.39, 0.29) is 360 Å². The molecule has 0 aromatic heterocycles. The first-order valence-corrected chi connectivity index (χ1v) is 6.36. The Morgan fingerprint density at radius 2 is 0.257 bits per heavy atom. The van der Waals surface area contributed by atoms with Crippen molar-refractivity contribution in [2.45, 2.75) is 48.5 Å². The Labute approximate surface area is 503 Å². The van der Waals surface area contributed by atoms with Gasteiger partial charge in [0.2, 0.25) is 0 Å². The third kappa shape index (κ3) is 1100. The Kier molecular flexibility index (Phi) is 216. The summed E-state index contributed by atoms with van der Waals surface area (Å²) in [4.78, 5) is 62.2. The molecule has 0 bridgehead atoms. The molecule has 0 spiro atoms. The zero-order valence-electron chi connectivity index (χ0n) is 23.2. The number of carbonyl (C=O) groups is 7. The Bertz CT molecular complexity index is 332. The van der Waals surface area contributed by atoms with Crippen LogP contribution in [0.5, 0.6) is 0 Å². The molecule has 0 aromatic rings. The van der Waals surface area contributed by atoms with Gasteiger partial charge in [-0.15, -0.1) is 0 Å². The van der Waals surface area contributed by atoms with E-state index in [4.69, 9.17) is 69.3 Å². The summed E-state index contributed by atoms with van der Waals surface area (Å²) >= 11 is 0. The van der Waals surface area contributed by atoms with Gasteiger partial charge >= 0.3 is 360 Å². The molecule has 0 atom stereocenters. The van der Waals surface area contributed by atoms with Crippen LogP contribution in [0.4, 0.5) is 0 Å². The summed E-state index contributed by atoms with van der Waals surface area (Å²) < 4.78 is 0. The molecule has 0 saturated heterocycles. The molecule has 21 heteroatoms. The molecule has 0 N–H and O–H groups in total. The third-order valence-corrected chi connectivity index (χ3v) is 0. The van der Waals surface area contributed by atoms with Gasteiger partial charge in [0.05, 0.1) is 0 Å². The van der Waals surface area contributed by atoms with Crippen molar-refractivity contribution in [1.82, 2.24) is 0 Å². The minimum absolute atomic E-state index is 0. The van der Waals surface area contributed by atoms with E-state index < -0.39 is 41.8 Å². The van der Waals surface area contributed by atoms with Crippen LogP contribution in [0.15, 0.2) is 0 Å². The zero-order valence-corrected chi connectivity index (χ0v) is 45.1. The van der Waals surface area contributed by atoms with Crippen molar-refractivity contribution >= 4 is 41.8 Å². The summed E-state index contributed by atoms with van der Waals surface area (Å²) in [6.07, 6.45) is 0. The summed E-state index contributed by atoms with van der Waals surface area (Å²) in [6.45, 7) is 6.81. The van der Waals surface area contributed by atoms with Gasteiger partial charge in [-0.05, 0) is 48.5 Å². The maximum absolute atomic E-state index is 8.89. The van der Waals surface area contributed by atoms with Crippen LogP contribution in [0.2, 0.25) is 0 Å². The second-order valence-electron chi connectivity index (χ2n) is 3.44. The van der Waals surface area contributed by atoms with Gasteiger partial charge in [-0.1, -0.05) is 0 Å². The van der Waals surface area contributed by atoms with Crippen LogP contribution in [0.1, 0.15) is 48.5 Å². The van der Waals surface area contributed by atoms with Crippen molar-refractivity contribution < 1.29 is 429 Å². The van der Waals surface area contributed by atoms with E-state index >= 15 is 0 Å². The van der Waals surface area contributed by atoms with Crippen molar-refractivity contribution in [2.24, 2.45) is 0 Å². The van der Waals surface area contributed by atoms with Crippen LogP contribution in [-0.2, 0) is 33.6 Å². The van der Waals surface area contributed by atoms with E-state index in [9.17, 15) is 0 Å². The molecule has 0 aliphatic rings. The zero-order chi connectivity index (χ0) is 25.0. The van der Waals surface area contributed by atoms with Gasteiger partial charge < -0.3 is 69.3 Å². The molecule has 0 amide bonds. The Hall–Kier alpha value is 7.74. The molecular weight excluding hydrogens is 666 g/mol. The van der Waals surface area contributed by atoms with Gasteiger partial charge in [0.1, 0.15) is 0 Å². The average Bonchev–Trinajstić information content (AvgIpc) is 2.20. The van der Waals surface area contributed by atoms with E-state index in [1.54, 1.807) is 0 Å². The van der Waals surface area contributed by atoms with E-state index in [0.29, 0.717) is 0 Å². The molecule has 0 heterocycles. The molecule has 0 aliphatic carbocycles. The Morgan fingerprint density at radius 1 is 0.257 bits per heavy atom. The predicted octanol–water partition coefficient (Wildman–Crippen LogP) is -29.7. The van der Waals surface area contributed by atoms with E-state index in [1.165, 1.54) is 0 Å². The fraction of sp³-hybridized carbons (Fsp3) is 0.500. The number of carboxylic acid groups (broad SMARTS) is 7. The molecule has 0 saturated carbocycles. The van der Waals surface area contributed by atoms with Crippen molar-refractivity contribution in [3.05, 3.63) is 0 Å². The quantitative estimate of drug-likeness (QED) is 0.214. The van der Waals surface area contributed by atoms with Crippen LogP contribution in [0, 0.1) is 0 Å². The molecule has 0 aromatic carbocycles. The second-order valence-corrected chi connectivity index (χ2v) is 3.44. The van der Waals surface area contributed by atoms with Crippen LogP contribution < -0.4 is 395 Å². The van der Waals surface area contributed by atoms with E-state index in [0.717, 1.165) is 48.5 Å². The molecule has 168 valence electrons. The van der Waals surface area contributed by atoms with Gasteiger partial charge in [-0.25, -0.2) is 0 Å². The normalized spacial score (nSPS) is 5.00. The van der Waals surface area contributed by atoms with Crippen LogP contribution in [-0.4, -0.2) is 41.8 Å². The van der Waals surface area contributed by atoms with Crippen molar-refractivity contribution in [3.63, 3.8) is 0 Å². The summed E-state index contributed by atoms with van der Waals surface area (Å²) in [6, 6.07) is 0. The summed E-state index contributed by atoms with van der Waals surface area (Å²) in [5.74, 6) is -7.58. The summed E-state index contributed by atoms with van der Waals surface area (Å²) in [5, 5.41) is 62.2. The van der Waals surface area contributed by atoms with Crippen molar-refractivity contribution in [3.8, 4) is 0 Å². The molecule has 0 aliphatic heterocycles. The molecule has 35 heavy (non-hydrogen) atoms. The number of hydrogen-bond acceptors (Lipinski definition) is 14. The van der Waals surface area contributed by atoms with Gasteiger partial charge in [-0.2, -0.15) is 0 Å². The van der Waals surface area contributed by atoms with Crippen LogP contribution in [0.3, 0.4) is 0 Å². The van der Waals surface area contributed by atoms with E-state index in [1.807, 2.05) is 0 Å².